The van der Waals surface area contributed by atoms with Crippen LogP contribution in [0.3, 0.4) is 0 Å². The van der Waals surface area contributed by atoms with Gasteiger partial charge in [0.2, 0.25) is 5.78 Å². The molecule has 0 aliphatic heterocycles. The fourth-order valence-electron chi connectivity index (χ4n) is 2.70. The van der Waals surface area contributed by atoms with Crippen molar-refractivity contribution in [3.8, 4) is 0 Å². The van der Waals surface area contributed by atoms with Crippen LogP contribution >= 0.6 is 0 Å². The van der Waals surface area contributed by atoms with Crippen molar-refractivity contribution < 1.29 is 19.1 Å². The second-order valence-electron chi connectivity index (χ2n) is 5.96. The van der Waals surface area contributed by atoms with E-state index in [4.69, 9.17) is 4.74 Å². The van der Waals surface area contributed by atoms with Gasteiger partial charge in [0.15, 0.2) is 11.9 Å². The standard InChI is InChI=1S/C19H21NO4/c1-10-6-8-15(9-7-10)19(23)24-14(5)18(22)17-11(2)16(13(4)21)12(3)20-17/h6-9,14,20H,1-5H3/t14-/m1/s1. The maximum Gasteiger partial charge on any atom is 0.338 e. The highest BCUT2D eigenvalue weighted by atomic mass is 16.5. The third-order valence-corrected chi connectivity index (χ3v) is 3.98. The first-order valence-corrected chi connectivity index (χ1v) is 7.74. The summed E-state index contributed by atoms with van der Waals surface area (Å²) >= 11 is 0. The summed E-state index contributed by atoms with van der Waals surface area (Å²) in [7, 11) is 0. The molecule has 0 saturated heterocycles. The summed E-state index contributed by atoms with van der Waals surface area (Å²) in [6, 6.07) is 6.93. The summed E-state index contributed by atoms with van der Waals surface area (Å²) in [5.74, 6) is -1.02. The van der Waals surface area contributed by atoms with Crippen LogP contribution in [0.5, 0.6) is 0 Å². The number of carbonyl (C=O) groups excluding carboxylic acids is 3. The molecule has 0 amide bonds. The Kier molecular flexibility index (Phi) is 5.02. The number of aryl methyl sites for hydroxylation is 2. The van der Waals surface area contributed by atoms with E-state index in [0.29, 0.717) is 28.1 Å². The first-order valence-electron chi connectivity index (χ1n) is 7.74. The van der Waals surface area contributed by atoms with Crippen LogP contribution in [0.4, 0.5) is 0 Å². The van der Waals surface area contributed by atoms with Gasteiger partial charge < -0.3 is 9.72 Å². The molecule has 0 aliphatic carbocycles. The molecule has 0 saturated carbocycles. The van der Waals surface area contributed by atoms with E-state index in [1.54, 1.807) is 38.1 Å². The zero-order valence-corrected chi connectivity index (χ0v) is 14.5. The minimum absolute atomic E-state index is 0.107. The highest BCUT2D eigenvalue weighted by Gasteiger charge is 2.26. The van der Waals surface area contributed by atoms with Gasteiger partial charge in [-0.1, -0.05) is 17.7 Å². The topological polar surface area (TPSA) is 76.2 Å². The van der Waals surface area contributed by atoms with Crippen LogP contribution < -0.4 is 0 Å². The SMILES string of the molecule is CC(=O)c1c(C)[nH]c(C(=O)[C@@H](C)OC(=O)c2ccc(C)cc2)c1C. The lowest BCUT2D eigenvalue weighted by Gasteiger charge is -2.12. The number of hydrogen-bond acceptors (Lipinski definition) is 4. The molecule has 0 radical (unpaired) electrons. The molecule has 1 aromatic carbocycles. The Hall–Kier alpha value is -2.69. The lowest BCUT2D eigenvalue weighted by molar-refractivity contribution is 0.0317. The molecule has 24 heavy (non-hydrogen) atoms. The molecule has 1 heterocycles. The van der Waals surface area contributed by atoms with Crippen LogP contribution in [0.15, 0.2) is 24.3 Å². The number of carbonyl (C=O) groups is 3. The molecule has 0 aliphatic rings. The van der Waals surface area contributed by atoms with E-state index >= 15 is 0 Å². The lowest BCUT2D eigenvalue weighted by atomic mass is 10.0. The Morgan fingerprint density at radius 2 is 1.62 bits per heavy atom. The minimum Gasteiger partial charge on any atom is -0.451 e. The maximum atomic E-state index is 12.6. The van der Waals surface area contributed by atoms with Crippen LogP contribution in [-0.2, 0) is 4.74 Å². The molecule has 2 rings (SSSR count). The van der Waals surface area contributed by atoms with Crippen molar-refractivity contribution in [2.24, 2.45) is 0 Å². The number of Topliss-reactive ketones (excluding diaryl/α,β-unsaturated/α-hetero) is 2. The summed E-state index contributed by atoms with van der Waals surface area (Å²) < 4.78 is 5.26. The molecule has 1 N–H and O–H groups in total. The van der Waals surface area contributed by atoms with Crippen molar-refractivity contribution in [1.29, 1.82) is 0 Å². The Bertz CT molecular complexity index is 800. The molecule has 0 fully saturated rings. The fraction of sp³-hybridized carbons (Fsp3) is 0.316. The molecule has 0 spiro atoms. The zero-order valence-electron chi connectivity index (χ0n) is 14.5. The van der Waals surface area contributed by atoms with Gasteiger partial charge in [-0.2, -0.15) is 0 Å². The number of aromatic amines is 1. The number of ketones is 2. The first kappa shape index (κ1) is 17.7. The highest BCUT2D eigenvalue weighted by molar-refractivity contribution is 6.05. The molecule has 0 bridgehead atoms. The number of esters is 1. The van der Waals surface area contributed by atoms with Gasteiger partial charge in [0, 0.05) is 11.3 Å². The predicted molar refractivity (Wildman–Crippen MR) is 90.7 cm³/mol. The molecule has 5 heteroatoms. The summed E-state index contributed by atoms with van der Waals surface area (Å²) in [5, 5.41) is 0. The summed E-state index contributed by atoms with van der Waals surface area (Å²) in [6.45, 7) is 8.35. The molecule has 1 atom stereocenters. The van der Waals surface area contributed by atoms with Crippen molar-refractivity contribution >= 4 is 17.5 Å². The minimum atomic E-state index is -0.949. The number of hydrogen-bond donors (Lipinski definition) is 1. The number of nitrogens with one attached hydrogen (secondary N) is 1. The van der Waals surface area contributed by atoms with Gasteiger partial charge in [-0.25, -0.2) is 4.79 Å². The number of benzene rings is 1. The van der Waals surface area contributed by atoms with E-state index in [1.807, 2.05) is 6.92 Å². The van der Waals surface area contributed by atoms with Gasteiger partial charge in [-0.15, -0.1) is 0 Å². The molecule has 126 valence electrons. The zero-order chi connectivity index (χ0) is 18.0. The molecule has 2 aromatic rings. The first-order chi connectivity index (χ1) is 11.2. The number of H-pyrrole nitrogens is 1. The average Bonchev–Trinajstić information content (AvgIpc) is 2.81. The van der Waals surface area contributed by atoms with Gasteiger partial charge in [0.25, 0.3) is 0 Å². The van der Waals surface area contributed by atoms with Crippen molar-refractivity contribution in [3.05, 3.63) is 57.9 Å². The smallest absolute Gasteiger partial charge is 0.338 e. The van der Waals surface area contributed by atoms with Crippen molar-refractivity contribution in [2.45, 2.75) is 40.7 Å². The second kappa shape index (κ2) is 6.83. The highest BCUT2D eigenvalue weighted by Crippen LogP contribution is 2.20. The van der Waals surface area contributed by atoms with Crippen LogP contribution in [0, 0.1) is 20.8 Å². The second-order valence-corrected chi connectivity index (χ2v) is 5.96. The Morgan fingerprint density at radius 3 is 2.12 bits per heavy atom. The maximum absolute atomic E-state index is 12.6. The number of aromatic nitrogens is 1. The summed E-state index contributed by atoms with van der Waals surface area (Å²) in [6.07, 6.45) is -0.949. The van der Waals surface area contributed by atoms with Gasteiger partial charge in [0.1, 0.15) is 0 Å². The molecule has 0 unspecified atom stereocenters. The van der Waals surface area contributed by atoms with Crippen LogP contribution in [0.25, 0.3) is 0 Å². The van der Waals surface area contributed by atoms with E-state index < -0.39 is 12.1 Å². The van der Waals surface area contributed by atoms with E-state index in [1.165, 1.54) is 13.8 Å². The average molecular weight is 327 g/mol. The van der Waals surface area contributed by atoms with Crippen LogP contribution in [-0.4, -0.2) is 28.6 Å². The monoisotopic (exact) mass is 327 g/mol. The van der Waals surface area contributed by atoms with E-state index in [0.717, 1.165) is 5.56 Å². The molecular weight excluding hydrogens is 306 g/mol. The van der Waals surface area contributed by atoms with Crippen molar-refractivity contribution in [1.82, 2.24) is 4.98 Å². The number of rotatable bonds is 5. The van der Waals surface area contributed by atoms with Crippen molar-refractivity contribution in [2.75, 3.05) is 0 Å². The van der Waals surface area contributed by atoms with E-state index in [2.05, 4.69) is 4.98 Å². The van der Waals surface area contributed by atoms with E-state index in [-0.39, 0.29) is 11.6 Å². The van der Waals surface area contributed by atoms with Gasteiger partial charge in [-0.05, 0) is 52.3 Å². The fourth-order valence-corrected chi connectivity index (χ4v) is 2.70. The van der Waals surface area contributed by atoms with Gasteiger partial charge in [0.05, 0.1) is 11.3 Å². The largest absolute Gasteiger partial charge is 0.451 e. The van der Waals surface area contributed by atoms with Crippen molar-refractivity contribution in [3.63, 3.8) is 0 Å². The quantitative estimate of drug-likeness (QED) is 0.673. The van der Waals surface area contributed by atoms with Crippen LogP contribution in [0.2, 0.25) is 0 Å². The third kappa shape index (κ3) is 3.45. The normalized spacial score (nSPS) is 11.9. The molecular formula is C19H21NO4. The Balaban J connectivity index is 2.18. The number of ether oxygens (including phenoxy) is 1. The summed E-state index contributed by atoms with van der Waals surface area (Å²) in [5.41, 5.74) is 3.47. The molecule has 1 aromatic heterocycles. The van der Waals surface area contributed by atoms with Gasteiger partial charge >= 0.3 is 5.97 Å². The lowest BCUT2D eigenvalue weighted by Crippen LogP contribution is -2.25. The third-order valence-electron chi connectivity index (χ3n) is 3.98. The van der Waals surface area contributed by atoms with Crippen LogP contribution in [0.1, 0.15) is 61.9 Å². The van der Waals surface area contributed by atoms with E-state index in [9.17, 15) is 14.4 Å². The Morgan fingerprint density at radius 1 is 1.04 bits per heavy atom. The molecule has 5 nitrogen and oxygen atoms in total. The van der Waals surface area contributed by atoms with Gasteiger partial charge in [-0.3, -0.25) is 9.59 Å². The summed E-state index contributed by atoms with van der Waals surface area (Å²) in [4.78, 5) is 39.3. The predicted octanol–water partition coefficient (Wildman–Crippen LogP) is 3.57. The Labute approximate surface area is 141 Å².